The second kappa shape index (κ2) is 7.16. The minimum atomic E-state index is -3.78. The molecule has 1 aromatic rings. The first-order valence-electron chi connectivity index (χ1n) is 6.97. The van der Waals surface area contributed by atoms with E-state index < -0.39 is 21.4 Å². The molecule has 1 aromatic carbocycles. The fourth-order valence-electron chi connectivity index (χ4n) is 2.19. The molecule has 1 fully saturated rings. The summed E-state index contributed by atoms with van der Waals surface area (Å²) >= 11 is 1.73. The van der Waals surface area contributed by atoms with Crippen LogP contribution in [0.4, 0.5) is 4.39 Å². The zero-order valence-electron chi connectivity index (χ0n) is 12.6. The lowest BCUT2D eigenvalue weighted by atomic mass is 10.0. The minimum absolute atomic E-state index is 0.0435. The van der Waals surface area contributed by atoms with Gasteiger partial charge in [0.1, 0.15) is 0 Å². The second-order valence-electron chi connectivity index (χ2n) is 5.04. The lowest BCUT2D eigenvalue weighted by molar-refractivity contribution is 0.0179. The number of rotatable bonds is 7. The first-order valence-corrected chi connectivity index (χ1v) is 9.61. The molecule has 0 spiro atoms. The lowest BCUT2D eigenvalue weighted by Crippen LogP contribution is -2.44. The van der Waals surface area contributed by atoms with Crippen molar-refractivity contribution in [3.8, 4) is 5.75 Å². The molecule has 1 atom stereocenters. The molecule has 5 nitrogen and oxygen atoms in total. The normalized spacial score (nSPS) is 22.0. The molecule has 22 heavy (non-hydrogen) atoms. The van der Waals surface area contributed by atoms with Gasteiger partial charge in [0.25, 0.3) is 0 Å². The van der Waals surface area contributed by atoms with Gasteiger partial charge in [0.05, 0.1) is 17.1 Å². The molecule has 124 valence electrons. The molecule has 1 aliphatic heterocycles. The molecular weight excluding hydrogens is 329 g/mol. The zero-order valence-corrected chi connectivity index (χ0v) is 14.2. The predicted molar refractivity (Wildman–Crippen MR) is 84.4 cm³/mol. The quantitative estimate of drug-likeness (QED) is 0.816. The molecule has 0 amide bonds. The van der Waals surface area contributed by atoms with E-state index in [0.717, 1.165) is 24.0 Å². The molecule has 0 unspecified atom stereocenters. The molecular formula is C14H20FNO4S2. The largest absolute Gasteiger partial charge is 0.491 e. The third-order valence-corrected chi connectivity index (χ3v) is 6.22. The Morgan fingerprint density at radius 1 is 1.45 bits per heavy atom. The highest BCUT2D eigenvalue weighted by atomic mass is 32.2. The number of ether oxygens (including phenoxy) is 2. The number of methoxy groups -OCH3 is 1. The van der Waals surface area contributed by atoms with Gasteiger partial charge in [-0.05, 0) is 37.3 Å². The third-order valence-electron chi connectivity index (χ3n) is 3.60. The van der Waals surface area contributed by atoms with E-state index in [-0.39, 0.29) is 17.2 Å². The Labute approximate surface area is 134 Å². The third kappa shape index (κ3) is 3.92. The maximum Gasteiger partial charge on any atom is 0.240 e. The van der Waals surface area contributed by atoms with E-state index in [9.17, 15) is 12.8 Å². The maximum atomic E-state index is 13.8. The van der Waals surface area contributed by atoms with Gasteiger partial charge in [-0.1, -0.05) is 0 Å². The van der Waals surface area contributed by atoms with Crippen LogP contribution in [0.15, 0.2) is 23.1 Å². The van der Waals surface area contributed by atoms with Crippen molar-refractivity contribution in [2.45, 2.75) is 23.8 Å². The number of benzene rings is 1. The van der Waals surface area contributed by atoms with E-state index >= 15 is 0 Å². The van der Waals surface area contributed by atoms with Gasteiger partial charge in [-0.25, -0.2) is 17.5 Å². The highest BCUT2D eigenvalue weighted by Gasteiger charge is 2.35. The van der Waals surface area contributed by atoms with Gasteiger partial charge in [-0.2, -0.15) is 11.8 Å². The summed E-state index contributed by atoms with van der Waals surface area (Å²) in [4.78, 5) is -0.120. The van der Waals surface area contributed by atoms with Crippen LogP contribution in [-0.2, 0) is 14.8 Å². The van der Waals surface area contributed by atoms with Crippen LogP contribution in [0, 0.1) is 5.82 Å². The summed E-state index contributed by atoms with van der Waals surface area (Å²) in [5.41, 5.74) is -0.485. The van der Waals surface area contributed by atoms with Crippen LogP contribution in [0.5, 0.6) is 5.75 Å². The number of hydrogen-bond acceptors (Lipinski definition) is 5. The Morgan fingerprint density at radius 2 is 2.23 bits per heavy atom. The fraction of sp³-hybridized carbons (Fsp3) is 0.571. The lowest BCUT2D eigenvalue weighted by Gasteiger charge is -2.26. The van der Waals surface area contributed by atoms with Crippen molar-refractivity contribution in [2.75, 3.05) is 31.8 Å². The monoisotopic (exact) mass is 349 g/mol. The zero-order chi connectivity index (χ0) is 16.2. The predicted octanol–water partition coefficient (Wildman–Crippen LogP) is 2.02. The first-order chi connectivity index (χ1) is 10.4. The van der Waals surface area contributed by atoms with Crippen molar-refractivity contribution in [3.05, 3.63) is 24.0 Å². The summed E-state index contributed by atoms with van der Waals surface area (Å²) in [6.45, 7) is 2.22. The van der Waals surface area contributed by atoms with Crippen LogP contribution in [0.3, 0.4) is 0 Å². The highest BCUT2D eigenvalue weighted by molar-refractivity contribution is 7.99. The maximum absolute atomic E-state index is 13.8. The van der Waals surface area contributed by atoms with E-state index in [1.165, 1.54) is 12.1 Å². The molecule has 2 rings (SSSR count). The minimum Gasteiger partial charge on any atom is -0.491 e. The van der Waals surface area contributed by atoms with E-state index in [1.807, 2.05) is 0 Å². The molecule has 0 radical (unpaired) electrons. The Balaban J connectivity index is 2.11. The summed E-state index contributed by atoms with van der Waals surface area (Å²) in [6.07, 6.45) is 0.786. The van der Waals surface area contributed by atoms with Crippen molar-refractivity contribution in [1.29, 1.82) is 0 Å². The van der Waals surface area contributed by atoms with E-state index in [2.05, 4.69) is 4.72 Å². The van der Waals surface area contributed by atoms with Crippen molar-refractivity contribution < 1.29 is 22.3 Å². The molecule has 1 aliphatic rings. The van der Waals surface area contributed by atoms with Crippen LogP contribution in [0.2, 0.25) is 0 Å². The van der Waals surface area contributed by atoms with E-state index in [4.69, 9.17) is 9.47 Å². The van der Waals surface area contributed by atoms with Gasteiger partial charge in [0.2, 0.25) is 10.0 Å². The molecule has 1 saturated heterocycles. The number of halogens is 1. The molecule has 0 aromatic heterocycles. The fourth-order valence-corrected chi connectivity index (χ4v) is 4.71. The Hall–Kier alpha value is -0.830. The molecule has 0 aliphatic carbocycles. The van der Waals surface area contributed by atoms with E-state index in [0.29, 0.717) is 6.61 Å². The SMILES string of the molecule is CCOc1ccc(S(=O)(=O)NC[C@@]2(OC)CCSC2)cc1F. The van der Waals surface area contributed by atoms with Crippen LogP contribution in [0.25, 0.3) is 0 Å². The van der Waals surface area contributed by atoms with Crippen molar-refractivity contribution in [2.24, 2.45) is 0 Å². The van der Waals surface area contributed by atoms with Gasteiger partial charge in [0, 0.05) is 19.4 Å². The average molecular weight is 349 g/mol. The van der Waals surface area contributed by atoms with Gasteiger partial charge < -0.3 is 9.47 Å². The first kappa shape index (κ1) is 17.5. The van der Waals surface area contributed by atoms with Crippen LogP contribution < -0.4 is 9.46 Å². The van der Waals surface area contributed by atoms with Gasteiger partial charge in [0.15, 0.2) is 11.6 Å². The Bertz CT molecular complexity index is 615. The van der Waals surface area contributed by atoms with Gasteiger partial charge in [-0.15, -0.1) is 0 Å². The standard InChI is InChI=1S/C14H20FNO4S2/c1-3-20-13-5-4-11(8-12(13)15)22(17,18)16-9-14(19-2)6-7-21-10-14/h4-5,8,16H,3,6-7,9-10H2,1-2H3/t14-/m0/s1. The Kier molecular flexibility index (Phi) is 5.70. The van der Waals surface area contributed by atoms with Gasteiger partial charge >= 0.3 is 0 Å². The van der Waals surface area contributed by atoms with Crippen LogP contribution in [-0.4, -0.2) is 45.8 Å². The number of hydrogen-bond donors (Lipinski definition) is 1. The average Bonchev–Trinajstić information content (AvgIpc) is 2.97. The van der Waals surface area contributed by atoms with E-state index in [1.54, 1.807) is 25.8 Å². The summed E-state index contributed by atoms with van der Waals surface area (Å²) in [5, 5.41) is 0. The number of nitrogens with one attached hydrogen (secondary N) is 1. The van der Waals surface area contributed by atoms with Crippen molar-refractivity contribution in [1.82, 2.24) is 4.72 Å². The summed E-state index contributed by atoms with van der Waals surface area (Å²) in [5.74, 6) is 1.03. The highest BCUT2D eigenvalue weighted by Crippen LogP contribution is 2.30. The number of thioether (sulfide) groups is 1. The van der Waals surface area contributed by atoms with Crippen LogP contribution in [0.1, 0.15) is 13.3 Å². The summed E-state index contributed by atoms with van der Waals surface area (Å²) in [6, 6.07) is 3.63. The molecule has 1 N–H and O–H groups in total. The molecule has 0 saturated carbocycles. The summed E-state index contributed by atoms with van der Waals surface area (Å²) < 4.78 is 51.4. The number of sulfonamides is 1. The smallest absolute Gasteiger partial charge is 0.240 e. The second-order valence-corrected chi connectivity index (χ2v) is 7.91. The molecule has 8 heteroatoms. The molecule has 0 bridgehead atoms. The molecule has 1 heterocycles. The summed E-state index contributed by atoms with van der Waals surface area (Å²) in [7, 11) is -2.20. The van der Waals surface area contributed by atoms with Crippen molar-refractivity contribution in [3.63, 3.8) is 0 Å². The van der Waals surface area contributed by atoms with Crippen LogP contribution >= 0.6 is 11.8 Å². The Morgan fingerprint density at radius 3 is 2.77 bits per heavy atom. The topological polar surface area (TPSA) is 64.6 Å². The van der Waals surface area contributed by atoms with Gasteiger partial charge in [-0.3, -0.25) is 0 Å². The van der Waals surface area contributed by atoms with Crippen molar-refractivity contribution >= 4 is 21.8 Å².